The largest absolute Gasteiger partial charge is 0.399 e. The van der Waals surface area contributed by atoms with Gasteiger partial charge in [-0.3, -0.25) is 4.98 Å². The van der Waals surface area contributed by atoms with Crippen LogP contribution >= 0.6 is 11.6 Å². The van der Waals surface area contributed by atoms with E-state index in [4.69, 9.17) is 17.3 Å². The lowest BCUT2D eigenvalue weighted by Gasteiger charge is -1.97. The van der Waals surface area contributed by atoms with Crippen LogP contribution < -0.4 is 5.73 Å². The minimum atomic E-state index is 0.701. The molecule has 0 aliphatic rings. The van der Waals surface area contributed by atoms with Crippen LogP contribution in [0.3, 0.4) is 0 Å². The number of hydrogen-bond donors (Lipinski definition) is 2. The predicted molar refractivity (Wildman–Crippen MR) is 71.0 cm³/mol. The zero-order valence-electron chi connectivity index (χ0n) is 8.94. The topological polar surface area (TPSA) is 54.7 Å². The molecule has 2 aromatic heterocycles. The Balaban J connectivity index is 2.18. The molecule has 0 unspecified atom stereocenters. The summed E-state index contributed by atoms with van der Waals surface area (Å²) in [6, 6.07) is 11.4. The van der Waals surface area contributed by atoms with Crippen molar-refractivity contribution < 1.29 is 0 Å². The highest BCUT2D eigenvalue weighted by Gasteiger charge is 2.05. The van der Waals surface area contributed by atoms with Crippen molar-refractivity contribution in [2.24, 2.45) is 0 Å². The molecule has 0 saturated carbocycles. The minimum Gasteiger partial charge on any atom is -0.399 e. The van der Waals surface area contributed by atoms with E-state index in [-0.39, 0.29) is 0 Å². The normalized spacial score (nSPS) is 10.9. The van der Waals surface area contributed by atoms with Gasteiger partial charge >= 0.3 is 0 Å². The van der Waals surface area contributed by atoms with E-state index in [1.165, 1.54) is 0 Å². The van der Waals surface area contributed by atoms with Gasteiger partial charge in [0.1, 0.15) is 0 Å². The summed E-state index contributed by atoms with van der Waals surface area (Å²) in [6.45, 7) is 0. The quantitative estimate of drug-likeness (QED) is 0.688. The van der Waals surface area contributed by atoms with E-state index < -0.39 is 0 Å². The summed E-state index contributed by atoms with van der Waals surface area (Å²) in [4.78, 5) is 7.56. The third-order valence-corrected chi connectivity index (χ3v) is 2.88. The van der Waals surface area contributed by atoms with Crippen molar-refractivity contribution >= 4 is 28.2 Å². The van der Waals surface area contributed by atoms with Gasteiger partial charge in [-0.15, -0.1) is 0 Å². The van der Waals surface area contributed by atoms with Crippen molar-refractivity contribution in [3.63, 3.8) is 0 Å². The zero-order chi connectivity index (χ0) is 11.8. The van der Waals surface area contributed by atoms with E-state index in [0.717, 1.165) is 22.3 Å². The van der Waals surface area contributed by atoms with Crippen LogP contribution in [0.25, 0.3) is 22.3 Å². The molecule has 4 heteroatoms. The molecule has 0 fully saturated rings. The summed E-state index contributed by atoms with van der Waals surface area (Å²) in [5.74, 6) is 0. The summed E-state index contributed by atoms with van der Waals surface area (Å²) < 4.78 is 0. The number of pyridine rings is 1. The Kier molecular flexibility index (Phi) is 2.27. The van der Waals surface area contributed by atoms with Gasteiger partial charge in [-0.2, -0.15) is 0 Å². The van der Waals surface area contributed by atoms with Crippen LogP contribution in [-0.4, -0.2) is 9.97 Å². The van der Waals surface area contributed by atoms with Gasteiger partial charge in [-0.05, 0) is 30.3 Å². The number of rotatable bonds is 1. The molecular formula is C13H10ClN3. The number of benzene rings is 1. The molecule has 84 valence electrons. The average Bonchev–Trinajstić information content (AvgIpc) is 2.72. The van der Waals surface area contributed by atoms with Crippen molar-refractivity contribution in [1.82, 2.24) is 9.97 Å². The van der Waals surface area contributed by atoms with E-state index in [9.17, 15) is 0 Å². The predicted octanol–water partition coefficient (Wildman–Crippen LogP) is 3.47. The van der Waals surface area contributed by atoms with Gasteiger partial charge < -0.3 is 10.7 Å². The lowest BCUT2D eigenvalue weighted by Crippen LogP contribution is -1.88. The van der Waals surface area contributed by atoms with E-state index >= 15 is 0 Å². The fraction of sp³-hybridized carbons (Fsp3) is 0. The molecular weight excluding hydrogens is 234 g/mol. The van der Waals surface area contributed by atoms with Gasteiger partial charge in [-0.1, -0.05) is 17.7 Å². The number of aromatic amines is 1. The molecule has 0 aliphatic heterocycles. The van der Waals surface area contributed by atoms with E-state index in [0.29, 0.717) is 10.7 Å². The molecule has 2 heterocycles. The van der Waals surface area contributed by atoms with Crippen molar-refractivity contribution in [3.8, 4) is 11.4 Å². The molecule has 0 amide bonds. The average molecular weight is 244 g/mol. The summed E-state index contributed by atoms with van der Waals surface area (Å²) in [5.41, 5.74) is 9.21. The summed E-state index contributed by atoms with van der Waals surface area (Å²) >= 11 is 5.94. The standard InChI is InChI=1S/C13H10ClN3/c14-9-2-1-8-5-13(17-11(8)6-9)12-7-10(15)3-4-16-12/h1-7,17H,(H2,15,16). The number of fused-ring (bicyclic) bond motifs is 1. The second-order valence-corrected chi connectivity index (χ2v) is 4.33. The van der Waals surface area contributed by atoms with E-state index in [1.807, 2.05) is 30.3 Å². The number of nitrogens with zero attached hydrogens (tertiary/aromatic N) is 1. The van der Waals surface area contributed by atoms with Crippen LogP contribution in [0.1, 0.15) is 0 Å². The molecule has 1 aromatic carbocycles. The van der Waals surface area contributed by atoms with Crippen LogP contribution in [-0.2, 0) is 0 Å². The lowest BCUT2D eigenvalue weighted by molar-refractivity contribution is 1.29. The number of aromatic nitrogens is 2. The second-order valence-electron chi connectivity index (χ2n) is 3.89. The fourth-order valence-electron chi connectivity index (χ4n) is 1.83. The van der Waals surface area contributed by atoms with E-state index in [1.54, 1.807) is 12.3 Å². The number of anilines is 1. The van der Waals surface area contributed by atoms with Crippen LogP contribution in [0, 0.1) is 0 Å². The molecule has 3 nitrogen and oxygen atoms in total. The van der Waals surface area contributed by atoms with Crippen molar-refractivity contribution in [1.29, 1.82) is 0 Å². The van der Waals surface area contributed by atoms with Gasteiger partial charge in [0.15, 0.2) is 0 Å². The van der Waals surface area contributed by atoms with E-state index in [2.05, 4.69) is 9.97 Å². The minimum absolute atomic E-state index is 0.701. The third-order valence-electron chi connectivity index (χ3n) is 2.64. The first kappa shape index (κ1) is 10.2. The van der Waals surface area contributed by atoms with Crippen LogP contribution in [0.4, 0.5) is 5.69 Å². The maximum absolute atomic E-state index is 5.94. The van der Waals surface area contributed by atoms with Gasteiger partial charge in [-0.25, -0.2) is 0 Å². The Morgan fingerprint density at radius 1 is 1.12 bits per heavy atom. The molecule has 0 atom stereocenters. The summed E-state index contributed by atoms with van der Waals surface area (Å²) in [6.07, 6.45) is 1.70. The van der Waals surface area contributed by atoms with Crippen LogP contribution in [0.2, 0.25) is 5.02 Å². The first-order valence-electron chi connectivity index (χ1n) is 5.22. The third kappa shape index (κ3) is 1.85. The SMILES string of the molecule is Nc1ccnc(-c2cc3ccc(Cl)cc3[nH]2)c1. The van der Waals surface area contributed by atoms with Gasteiger partial charge in [0, 0.05) is 27.8 Å². The number of halogens is 1. The highest BCUT2D eigenvalue weighted by molar-refractivity contribution is 6.31. The molecule has 0 radical (unpaired) electrons. The van der Waals surface area contributed by atoms with Gasteiger partial charge in [0.05, 0.1) is 11.4 Å². The monoisotopic (exact) mass is 243 g/mol. The second kappa shape index (κ2) is 3.79. The number of nitrogen functional groups attached to an aromatic ring is 1. The zero-order valence-corrected chi connectivity index (χ0v) is 9.70. The van der Waals surface area contributed by atoms with Gasteiger partial charge in [0.2, 0.25) is 0 Å². The van der Waals surface area contributed by atoms with Crippen LogP contribution in [0.15, 0.2) is 42.6 Å². The Morgan fingerprint density at radius 2 is 2.00 bits per heavy atom. The molecule has 17 heavy (non-hydrogen) atoms. The highest BCUT2D eigenvalue weighted by Crippen LogP contribution is 2.25. The molecule has 3 N–H and O–H groups in total. The maximum Gasteiger partial charge on any atom is 0.0885 e. The van der Waals surface area contributed by atoms with Gasteiger partial charge in [0.25, 0.3) is 0 Å². The lowest BCUT2D eigenvalue weighted by atomic mass is 10.2. The first-order valence-corrected chi connectivity index (χ1v) is 5.60. The van der Waals surface area contributed by atoms with Crippen molar-refractivity contribution in [2.75, 3.05) is 5.73 Å². The molecule has 3 rings (SSSR count). The molecule has 0 saturated heterocycles. The number of H-pyrrole nitrogens is 1. The highest BCUT2D eigenvalue weighted by atomic mass is 35.5. The van der Waals surface area contributed by atoms with Crippen molar-refractivity contribution in [2.45, 2.75) is 0 Å². The number of nitrogens with two attached hydrogens (primary N) is 1. The molecule has 0 aliphatic carbocycles. The number of hydrogen-bond acceptors (Lipinski definition) is 2. The first-order chi connectivity index (χ1) is 8.22. The Hall–Kier alpha value is -2.00. The summed E-state index contributed by atoms with van der Waals surface area (Å²) in [7, 11) is 0. The number of nitrogens with one attached hydrogen (secondary N) is 1. The molecule has 0 bridgehead atoms. The Bertz CT molecular complexity index is 688. The smallest absolute Gasteiger partial charge is 0.0885 e. The van der Waals surface area contributed by atoms with Crippen LogP contribution in [0.5, 0.6) is 0 Å². The molecule has 0 spiro atoms. The Morgan fingerprint density at radius 3 is 2.82 bits per heavy atom. The maximum atomic E-state index is 5.94. The Labute approximate surface area is 103 Å². The fourth-order valence-corrected chi connectivity index (χ4v) is 2.00. The summed E-state index contributed by atoms with van der Waals surface area (Å²) in [5, 5.41) is 1.82. The molecule has 3 aromatic rings. The van der Waals surface area contributed by atoms with Crippen molar-refractivity contribution in [3.05, 3.63) is 47.6 Å².